The molecule has 1 aliphatic carbocycles. The first-order chi connectivity index (χ1) is 31.3. The van der Waals surface area contributed by atoms with Crippen molar-refractivity contribution < 1.29 is 38.2 Å². The standard InChI is InChI=1S/C49H38AsN7O8/c1-3-64-32-14-10-27(11-15-32)22-41(58)53-38-9-5-7-31-24-40(55-43(31)38)45(60)57-37-17-13-29(26-52)21-34(37)47(62)65-46(61)33-20-28(25-51)12-16-36(33)56-44(59)39-23-30-6-4-8-35(42(30)54-39)50-48(63)49(2)18-19-49/h4-17,20-21,23-24,50,54-55H,3,18-19,22H2,1-2H3,(H,53,58)(H,56,59)(H,57,60). The topological polar surface area (TPSA) is 236 Å². The molecule has 5 aromatic carbocycles. The van der Waals surface area contributed by atoms with Crippen molar-refractivity contribution in [3.05, 3.63) is 148 Å². The van der Waals surface area contributed by atoms with E-state index in [4.69, 9.17) is 9.47 Å². The Hall–Kier alpha value is -8.26. The van der Waals surface area contributed by atoms with Crippen LogP contribution in [0, 0.1) is 28.1 Å². The number of nitrogens with one attached hydrogen (secondary N) is 5. The van der Waals surface area contributed by atoms with E-state index in [2.05, 4.69) is 25.9 Å². The molecule has 2 aromatic heterocycles. The van der Waals surface area contributed by atoms with Crippen LogP contribution in [0.4, 0.5) is 17.1 Å². The van der Waals surface area contributed by atoms with E-state index >= 15 is 0 Å². The molecule has 0 radical (unpaired) electrons. The number of H-pyrrole nitrogens is 2. The molecule has 1 fully saturated rings. The van der Waals surface area contributed by atoms with Gasteiger partial charge in [-0.05, 0) is 55.0 Å². The van der Waals surface area contributed by atoms with E-state index in [-0.39, 0.29) is 67.3 Å². The molecular weight excluding hydrogens is 890 g/mol. The molecule has 1 unspecified atom stereocenters. The molecule has 15 nitrogen and oxygen atoms in total. The quantitative estimate of drug-likeness (QED) is 0.0432. The van der Waals surface area contributed by atoms with Crippen molar-refractivity contribution in [3.63, 3.8) is 0 Å². The molecule has 1 aliphatic rings. The Labute approximate surface area is 377 Å². The van der Waals surface area contributed by atoms with Gasteiger partial charge in [-0.15, -0.1) is 0 Å². The molecule has 0 saturated heterocycles. The number of nitrogens with zero attached hydrogens (tertiary/aromatic N) is 2. The van der Waals surface area contributed by atoms with Gasteiger partial charge in [0.2, 0.25) is 5.91 Å². The Morgan fingerprint density at radius 2 is 1.23 bits per heavy atom. The van der Waals surface area contributed by atoms with Crippen LogP contribution >= 0.6 is 0 Å². The molecule has 0 aliphatic heterocycles. The second-order valence-corrected chi connectivity index (χ2v) is 18.2. The maximum atomic E-state index is 13.7. The van der Waals surface area contributed by atoms with Gasteiger partial charge < -0.3 is 20.4 Å². The molecule has 16 heteroatoms. The fourth-order valence-corrected chi connectivity index (χ4v) is 9.80. The van der Waals surface area contributed by atoms with Crippen molar-refractivity contribution in [2.24, 2.45) is 5.41 Å². The summed E-state index contributed by atoms with van der Waals surface area (Å²) in [4.78, 5) is 86.9. The molecule has 322 valence electrons. The zero-order chi connectivity index (χ0) is 45.8. The predicted molar refractivity (Wildman–Crippen MR) is 244 cm³/mol. The molecule has 7 aromatic rings. The first kappa shape index (κ1) is 43.4. The number of esters is 2. The van der Waals surface area contributed by atoms with Gasteiger partial charge in [0.15, 0.2) is 0 Å². The maximum Gasteiger partial charge on any atom is 0.0700 e. The third-order valence-electron chi connectivity index (χ3n) is 10.9. The average Bonchev–Trinajstić information content (AvgIpc) is 3.67. The molecule has 3 amide bonds. The number of aromatic nitrogens is 2. The normalized spacial score (nSPS) is 12.6. The molecule has 0 bridgehead atoms. The van der Waals surface area contributed by atoms with Crippen molar-refractivity contribution in [1.82, 2.24) is 9.97 Å². The number of hydrogen-bond acceptors (Lipinski definition) is 10. The summed E-state index contributed by atoms with van der Waals surface area (Å²) in [7, 11) is 0. The molecule has 65 heavy (non-hydrogen) atoms. The minimum Gasteiger partial charge on any atom is -0.349 e. The second kappa shape index (κ2) is 18.2. The molecule has 1 saturated carbocycles. The Morgan fingerprint density at radius 1 is 0.677 bits per heavy atom. The van der Waals surface area contributed by atoms with Gasteiger partial charge in [-0.2, -0.15) is 5.26 Å². The monoisotopic (exact) mass is 927 g/mol. The van der Waals surface area contributed by atoms with E-state index < -0.39 is 39.5 Å². The number of aromatic amines is 2. The van der Waals surface area contributed by atoms with Crippen LogP contribution in [-0.2, 0) is 20.7 Å². The van der Waals surface area contributed by atoms with Crippen LogP contribution in [-0.4, -0.2) is 66.6 Å². The second-order valence-electron chi connectivity index (χ2n) is 15.6. The number of para-hydroxylation sites is 2. The largest absolute Gasteiger partial charge is 0.349 e. The number of fused-ring (bicyclic) bond motifs is 2. The number of carbonyl (C=O) groups is 6. The number of hydrogen-bond donors (Lipinski definition) is 5. The van der Waals surface area contributed by atoms with E-state index in [9.17, 15) is 39.3 Å². The van der Waals surface area contributed by atoms with Crippen LogP contribution in [0.2, 0.25) is 0 Å². The van der Waals surface area contributed by atoms with Crippen LogP contribution in [0.15, 0.2) is 109 Å². The van der Waals surface area contributed by atoms with Crippen molar-refractivity contribution in [2.45, 2.75) is 33.1 Å². The number of nitriles is 2. The molecular formula is C49H38AsN7O8. The number of anilines is 3. The summed E-state index contributed by atoms with van der Waals surface area (Å²) in [6.45, 7) is 4.38. The number of carbonyl (C=O) groups excluding carboxylic acids is 6. The summed E-state index contributed by atoms with van der Waals surface area (Å²) in [6.07, 6.45) is 1.84. The summed E-state index contributed by atoms with van der Waals surface area (Å²) in [5, 5.41) is 28.8. The van der Waals surface area contributed by atoms with Gasteiger partial charge in [-0.3, -0.25) is 9.59 Å². The minimum absolute atomic E-state index is 0.0213. The number of amides is 3. The van der Waals surface area contributed by atoms with Crippen molar-refractivity contribution >= 4 is 93.2 Å². The SMILES string of the molecule is CCOc1ccc(CC(=O)Nc2cccc3cc(C(=O)Nc4ccc(C#N)cc4C(=O)OC(=O)c4cc(C#N)ccc4NC(=O)c4cc5cccc([AsH]C(=O)C6(C)CC6)c5[nH]4)[nH]c23)cc1. The number of ether oxygens (including phenoxy) is 2. The molecule has 2 heterocycles. The van der Waals surface area contributed by atoms with Crippen molar-refractivity contribution in [3.8, 4) is 17.9 Å². The van der Waals surface area contributed by atoms with E-state index in [1.807, 2.05) is 44.2 Å². The van der Waals surface area contributed by atoms with Crippen molar-refractivity contribution in [1.29, 1.82) is 10.5 Å². The van der Waals surface area contributed by atoms with E-state index in [1.165, 1.54) is 24.3 Å². The van der Waals surface area contributed by atoms with Crippen LogP contribution in [0.5, 0.6) is 5.75 Å². The molecule has 8 rings (SSSR count). The Morgan fingerprint density at radius 3 is 1.78 bits per heavy atom. The van der Waals surface area contributed by atoms with Gasteiger partial charge in [0.05, 0.1) is 41.6 Å². The Kier molecular flexibility index (Phi) is 12.2. The summed E-state index contributed by atoms with van der Waals surface area (Å²) in [5.41, 5.74) is 1.53. The maximum absolute atomic E-state index is 13.7. The third-order valence-corrected chi connectivity index (χ3v) is 14.1. The summed E-state index contributed by atoms with van der Waals surface area (Å²) in [5.74, 6) is -3.39. The minimum atomic E-state index is -1.24. The summed E-state index contributed by atoms with van der Waals surface area (Å²) < 4.78 is 11.9. The average molecular weight is 928 g/mol. The fraction of sp³-hybridized carbons (Fsp3) is 0.143. The number of benzene rings is 5. The summed E-state index contributed by atoms with van der Waals surface area (Å²) in [6, 6.07) is 32.6. The zero-order valence-corrected chi connectivity index (χ0v) is 37.0. The van der Waals surface area contributed by atoms with Gasteiger partial charge in [0, 0.05) is 5.39 Å². The van der Waals surface area contributed by atoms with Gasteiger partial charge in [0.1, 0.15) is 11.4 Å². The fourth-order valence-electron chi connectivity index (χ4n) is 7.06. The van der Waals surface area contributed by atoms with E-state index in [0.29, 0.717) is 34.5 Å². The van der Waals surface area contributed by atoms with E-state index in [1.54, 1.807) is 54.6 Å². The van der Waals surface area contributed by atoms with Crippen LogP contribution in [0.1, 0.15) is 85.1 Å². The van der Waals surface area contributed by atoms with Crippen LogP contribution in [0.25, 0.3) is 21.8 Å². The number of rotatable bonds is 14. The van der Waals surface area contributed by atoms with E-state index in [0.717, 1.165) is 40.3 Å². The van der Waals surface area contributed by atoms with Crippen LogP contribution < -0.4 is 25.0 Å². The zero-order valence-electron chi connectivity index (χ0n) is 34.9. The smallest absolute Gasteiger partial charge is 0.0700 e. The van der Waals surface area contributed by atoms with Crippen LogP contribution in [0.3, 0.4) is 0 Å². The molecule has 0 spiro atoms. The first-order valence-electron chi connectivity index (χ1n) is 20.4. The van der Waals surface area contributed by atoms with Gasteiger partial charge in [-0.25, -0.2) is 0 Å². The summed E-state index contributed by atoms with van der Waals surface area (Å²) >= 11 is -1.16. The van der Waals surface area contributed by atoms with Crippen molar-refractivity contribution in [2.75, 3.05) is 22.6 Å². The predicted octanol–water partition coefficient (Wildman–Crippen LogP) is 6.86. The molecule has 5 N–H and O–H groups in total. The van der Waals surface area contributed by atoms with Gasteiger partial charge in [0.25, 0.3) is 5.91 Å². The van der Waals surface area contributed by atoms with Gasteiger partial charge >= 0.3 is 195 Å². The first-order valence-corrected chi connectivity index (χ1v) is 22.5. The third kappa shape index (κ3) is 9.56. The Bertz CT molecular complexity index is 3190. The van der Waals surface area contributed by atoms with Gasteiger partial charge in [-0.1, -0.05) is 24.3 Å². The molecule has 1 atom stereocenters. The Balaban J connectivity index is 0.981.